The second-order valence-electron chi connectivity index (χ2n) is 5.24. The fourth-order valence-electron chi connectivity index (χ4n) is 2.70. The molecule has 2 aromatic heterocycles. The van der Waals surface area contributed by atoms with Gasteiger partial charge in [0.05, 0.1) is 6.04 Å². The van der Waals surface area contributed by atoms with Gasteiger partial charge in [0.2, 0.25) is 0 Å². The van der Waals surface area contributed by atoms with E-state index >= 15 is 0 Å². The number of piperidine rings is 1. The van der Waals surface area contributed by atoms with Gasteiger partial charge in [-0.2, -0.15) is 5.10 Å². The Morgan fingerprint density at radius 2 is 2.10 bits per heavy atom. The van der Waals surface area contributed by atoms with Crippen LogP contribution < -0.4 is 5.73 Å². The van der Waals surface area contributed by atoms with E-state index in [1.54, 1.807) is 0 Å². The highest BCUT2D eigenvalue weighted by Crippen LogP contribution is 2.23. The molecule has 1 aliphatic heterocycles. The molecule has 0 aliphatic carbocycles. The number of nitrogen functional groups attached to an aromatic ring is 1. The van der Waals surface area contributed by atoms with Crippen LogP contribution in [0.25, 0.3) is 0 Å². The predicted molar refractivity (Wildman–Crippen MR) is 82.1 cm³/mol. The van der Waals surface area contributed by atoms with Crippen LogP contribution in [0.1, 0.15) is 24.4 Å². The van der Waals surface area contributed by atoms with Gasteiger partial charge in [-0.15, -0.1) is 0 Å². The normalized spacial score (nSPS) is 17.4. The fourth-order valence-corrected chi connectivity index (χ4v) is 3.11. The molecule has 0 radical (unpaired) electrons. The second kappa shape index (κ2) is 5.93. The van der Waals surface area contributed by atoms with Crippen LogP contribution in [0.3, 0.4) is 0 Å². The molecule has 20 heavy (non-hydrogen) atoms. The third-order valence-electron chi connectivity index (χ3n) is 3.73. The standard InChI is InChI=1S/C14H18BrN5/c15-12-7-11(8-17-9-12)10-19-4-1-13(2-5-19)20-6-3-14(16)18-20/h3,6-9,13H,1-2,4-5,10H2,(H2,16,18). The van der Waals surface area contributed by atoms with Gasteiger partial charge in [0.1, 0.15) is 5.82 Å². The minimum absolute atomic E-state index is 0.476. The van der Waals surface area contributed by atoms with Crippen LogP contribution in [0.4, 0.5) is 5.82 Å². The van der Waals surface area contributed by atoms with E-state index in [0.29, 0.717) is 11.9 Å². The van der Waals surface area contributed by atoms with Crippen molar-refractivity contribution in [2.24, 2.45) is 0 Å². The summed E-state index contributed by atoms with van der Waals surface area (Å²) in [6.45, 7) is 3.12. The minimum Gasteiger partial charge on any atom is -0.382 e. The first-order valence-electron chi connectivity index (χ1n) is 6.83. The number of rotatable bonds is 3. The van der Waals surface area contributed by atoms with Crippen molar-refractivity contribution in [2.45, 2.75) is 25.4 Å². The van der Waals surface area contributed by atoms with Gasteiger partial charge in [-0.25, -0.2) is 0 Å². The van der Waals surface area contributed by atoms with Crippen molar-refractivity contribution in [3.05, 3.63) is 40.8 Å². The maximum atomic E-state index is 5.68. The lowest BCUT2D eigenvalue weighted by Gasteiger charge is -2.32. The number of nitrogens with two attached hydrogens (primary N) is 1. The molecule has 0 atom stereocenters. The van der Waals surface area contributed by atoms with Gasteiger partial charge in [-0.1, -0.05) is 0 Å². The number of pyridine rings is 1. The zero-order chi connectivity index (χ0) is 13.9. The zero-order valence-corrected chi connectivity index (χ0v) is 12.8. The summed E-state index contributed by atoms with van der Waals surface area (Å²) < 4.78 is 3.05. The topological polar surface area (TPSA) is 60.0 Å². The summed E-state index contributed by atoms with van der Waals surface area (Å²) in [5.74, 6) is 0.604. The Morgan fingerprint density at radius 3 is 2.75 bits per heavy atom. The number of likely N-dealkylation sites (tertiary alicyclic amines) is 1. The summed E-state index contributed by atoms with van der Waals surface area (Å²) >= 11 is 3.46. The predicted octanol–water partition coefficient (Wildman–Crippen LogP) is 2.46. The van der Waals surface area contributed by atoms with Gasteiger partial charge >= 0.3 is 0 Å². The third kappa shape index (κ3) is 3.19. The largest absolute Gasteiger partial charge is 0.382 e. The van der Waals surface area contributed by atoms with Gasteiger partial charge < -0.3 is 5.73 Å². The van der Waals surface area contributed by atoms with Crippen molar-refractivity contribution in [3.63, 3.8) is 0 Å². The lowest BCUT2D eigenvalue weighted by atomic mass is 10.0. The van der Waals surface area contributed by atoms with E-state index in [1.165, 1.54) is 5.56 Å². The average molecular weight is 336 g/mol. The third-order valence-corrected chi connectivity index (χ3v) is 4.16. The Labute approximate surface area is 126 Å². The van der Waals surface area contributed by atoms with E-state index in [-0.39, 0.29) is 0 Å². The molecule has 2 N–H and O–H groups in total. The van der Waals surface area contributed by atoms with Crippen molar-refractivity contribution in [1.82, 2.24) is 19.7 Å². The van der Waals surface area contributed by atoms with Crippen LogP contribution in [0, 0.1) is 0 Å². The molecule has 106 valence electrons. The second-order valence-corrected chi connectivity index (χ2v) is 6.16. The summed E-state index contributed by atoms with van der Waals surface area (Å²) in [6, 6.07) is 4.47. The molecule has 0 spiro atoms. The van der Waals surface area contributed by atoms with Gasteiger partial charge in [0.25, 0.3) is 0 Å². The number of aromatic nitrogens is 3. The number of halogens is 1. The molecule has 1 saturated heterocycles. The fraction of sp³-hybridized carbons (Fsp3) is 0.429. The van der Waals surface area contributed by atoms with E-state index < -0.39 is 0 Å². The van der Waals surface area contributed by atoms with Crippen molar-refractivity contribution in [2.75, 3.05) is 18.8 Å². The van der Waals surface area contributed by atoms with E-state index in [2.05, 4.69) is 37.0 Å². The highest BCUT2D eigenvalue weighted by molar-refractivity contribution is 9.10. The van der Waals surface area contributed by atoms with Crippen molar-refractivity contribution < 1.29 is 0 Å². The molecule has 1 aliphatic rings. The number of anilines is 1. The number of hydrogen-bond donors (Lipinski definition) is 1. The first kappa shape index (κ1) is 13.6. The molecular formula is C14H18BrN5. The summed E-state index contributed by atoms with van der Waals surface area (Å²) in [6.07, 6.45) is 7.96. The maximum Gasteiger partial charge on any atom is 0.145 e. The van der Waals surface area contributed by atoms with E-state index in [4.69, 9.17) is 5.73 Å². The Balaban J connectivity index is 1.56. The highest BCUT2D eigenvalue weighted by Gasteiger charge is 2.21. The highest BCUT2D eigenvalue weighted by atomic mass is 79.9. The molecule has 0 aromatic carbocycles. The Kier molecular flexibility index (Phi) is 4.03. The number of nitrogens with zero attached hydrogens (tertiary/aromatic N) is 4. The Hall–Kier alpha value is -1.40. The monoisotopic (exact) mass is 335 g/mol. The molecule has 0 unspecified atom stereocenters. The van der Waals surface area contributed by atoms with Crippen LogP contribution >= 0.6 is 15.9 Å². The smallest absolute Gasteiger partial charge is 0.145 e. The Morgan fingerprint density at radius 1 is 1.30 bits per heavy atom. The number of hydrogen-bond acceptors (Lipinski definition) is 4. The van der Waals surface area contributed by atoms with Crippen molar-refractivity contribution in [1.29, 1.82) is 0 Å². The van der Waals surface area contributed by atoms with E-state index in [0.717, 1.165) is 36.9 Å². The summed E-state index contributed by atoms with van der Waals surface area (Å²) in [7, 11) is 0. The summed E-state index contributed by atoms with van der Waals surface area (Å²) in [5.41, 5.74) is 6.93. The van der Waals surface area contributed by atoms with E-state index in [1.807, 2.05) is 29.3 Å². The van der Waals surface area contributed by atoms with Crippen LogP contribution in [-0.2, 0) is 6.54 Å². The first-order valence-corrected chi connectivity index (χ1v) is 7.62. The average Bonchev–Trinajstić information content (AvgIpc) is 2.86. The SMILES string of the molecule is Nc1ccn(C2CCN(Cc3cncc(Br)c3)CC2)n1. The Bertz CT molecular complexity index is 574. The molecule has 0 saturated carbocycles. The van der Waals surface area contributed by atoms with Gasteiger partial charge in [-0.3, -0.25) is 14.6 Å². The summed E-state index contributed by atoms with van der Waals surface area (Å²) in [4.78, 5) is 6.68. The summed E-state index contributed by atoms with van der Waals surface area (Å²) in [5, 5.41) is 4.31. The van der Waals surface area contributed by atoms with Gasteiger partial charge in [0, 0.05) is 42.7 Å². The molecule has 2 aromatic rings. The molecular weight excluding hydrogens is 318 g/mol. The quantitative estimate of drug-likeness (QED) is 0.935. The lowest BCUT2D eigenvalue weighted by molar-refractivity contribution is 0.173. The van der Waals surface area contributed by atoms with Crippen LogP contribution in [0.15, 0.2) is 35.2 Å². The van der Waals surface area contributed by atoms with Gasteiger partial charge in [-0.05, 0) is 46.5 Å². The minimum atomic E-state index is 0.476. The maximum absolute atomic E-state index is 5.68. The van der Waals surface area contributed by atoms with Crippen LogP contribution in [0.5, 0.6) is 0 Å². The molecule has 3 rings (SSSR count). The molecule has 6 heteroatoms. The molecule has 3 heterocycles. The molecule has 5 nitrogen and oxygen atoms in total. The molecule has 0 amide bonds. The van der Waals surface area contributed by atoms with Gasteiger partial charge in [0.15, 0.2) is 0 Å². The van der Waals surface area contributed by atoms with Crippen LogP contribution in [-0.4, -0.2) is 32.8 Å². The van der Waals surface area contributed by atoms with E-state index in [9.17, 15) is 0 Å². The molecule has 0 bridgehead atoms. The van der Waals surface area contributed by atoms with Crippen molar-refractivity contribution >= 4 is 21.7 Å². The molecule has 1 fully saturated rings. The van der Waals surface area contributed by atoms with Crippen LogP contribution in [0.2, 0.25) is 0 Å². The first-order chi connectivity index (χ1) is 9.70. The lowest BCUT2D eigenvalue weighted by Crippen LogP contribution is -2.34. The van der Waals surface area contributed by atoms with Crippen molar-refractivity contribution in [3.8, 4) is 0 Å². The zero-order valence-electron chi connectivity index (χ0n) is 11.2.